The number of carbonyl (C=O) groups excluding carboxylic acids is 1. The molecule has 1 aromatic carbocycles. The van der Waals surface area contributed by atoms with E-state index in [2.05, 4.69) is 10.1 Å². The number of carboxylic acid groups (broad SMARTS) is 1. The molecule has 0 aliphatic rings. The molecule has 5 nitrogen and oxygen atoms in total. The fourth-order valence-electron chi connectivity index (χ4n) is 1.15. The van der Waals surface area contributed by atoms with Crippen LogP contribution in [0.4, 0.5) is 18.9 Å². The molecule has 0 aliphatic carbocycles. The second kappa shape index (κ2) is 6.19. The van der Waals surface area contributed by atoms with Gasteiger partial charge in [-0.2, -0.15) is 13.2 Å². The molecule has 1 amide bonds. The van der Waals surface area contributed by atoms with Crippen molar-refractivity contribution in [1.29, 1.82) is 0 Å². The first-order valence-corrected chi connectivity index (χ1v) is 5.05. The summed E-state index contributed by atoms with van der Waals surface area (Å²) in [6, 6.07) is 5.17. The maximum Gasteiger partial charge on any atom is 0.411 e. The van der Waals surface area contributed by atoms with E-state index in [0.29, 0.717) is 0 Å². The van der Waals surface area contributed by atoms with Crippen molar-refractivity contribution in [3.63, 3.8) is 0 Å². The molecule has 19 heavy (non-hydrogen) atoms. The van der Waals surface area contributed by atoms with Crippen LogP contribution in [0, 0.1) is 0 Å². The Hall–Kier alpha value is -2.09. The second-order valence-corrected chi connectivity index (χ2v) is 3.54. The first kappa shape index (κ1) is 15.0. The van der Waals surface area contributed by atoms with Gasteiger partial charge >= 0.3 is 12.1 Å². The molecular weight excluding hydrogens is 267 g/mol. The molecule has 1 aromatic rings. The van der Waals surface area contributed by atoms with Crippen molar-refractivity contribution in [3.8, 4) is 0 Å². The normalized spacial score (nSPS) is 11.1. The molecule has 0 heterocycles. The minimum absolute atomic E-state index is 0.0336. The quantitative estimate of drug-likeness (QED) is 0.862. The molecular formula is C11H10F3NO4. The van der Waals surface area contributed by atoms with E-state index in [0.717, 1.165) is 0 Å². The van der Waals surface area contributed by atoms with Crippen molar-refractivity contribution < 1.29 is 32.6 Å². The number of amides is 1. The Morgan fingerprint density at radius 2 is 1.79 bits per heavy atom. The lowest BCUT2D eigenvalue weighted by atomic mass is 10.2. The van der Waals surface area contributed by atoms with Crippen molar-refractivity contribution in [2.24, 2.45) is 0 Å². The Morgan fingerprint density at radius 3 is 2.26 bits per heavy atom. The van der Waals surface area contributed by atoms with Gasteiger partial charge in [0, 0.05) is 5.69 Å². The van der Waals surface area contributed by atoms with E-state index in [1.807, 2.05) is 0 Å². The zero-order valence-electron chi connectivity index (χ0n) is 9.53. The summed E-state index contributed by atoms with van der Waals surface area (Å²) in [5.74, 6) is -1.88. The third-order valence-corrected chi connectivity index (χ3v) is 1.91. The maximum atomic E-state index is 11.7. The van der Waals surface area contributed by atoms with Gasteiger partial charge in [0.25, 0.3) is 0 Å². The predicted molar refractivity (Wildman–Crippen MR) is 58.9 cm³/mol. The lowest BCUT2D eigenvalue weighted by molar-refractivity contribution is -0.174. The molecule has 0 saturated carbocycles. The summed E-state index contributed by atoms with van der Waals surface area (Å²) in [6.07, 6.45) is -4.48. The molecule has 0 bridgehead atoms. The Labute approximate surface area is 106 Å². The van der Waals surface area contributed by atoms with Gasteiger partial charge in [0.1, 0.15) is 13.2 Å². The number of anilines is 1. The lowest BCUT2D eigenvalue weighted by Gasteiger charge is -2.08. The number of halogens is 3. The fraction of sp³-hybridized carbons (Fsp3) is 0.273. The Bertz CT molecular complexity index is 456. The molecule has 0 spiro atoms. The molecule has 0 saturated heterocycles. The van der Waals surface area contributed by atoms with Crippen molar-refractivity contribution in [1.82, 2.24) is 0 Å². The van der Waals surface area contributed by atoms with Crippen LogP contribution >= 0.6 is 0 Å². The average Bonchev–Trinajstić information content (AvgIpc) is 2.27. The summed E-state index contributed by atoms with van der Waals surface area (Å²) in [7, 11) is 0. The number of benzene rings is 1. The first-order valence-electron chi connectivity index (χ1n) is 5.05. The maximum absolute atomic E-state index is 11.7. The standard InChI is InChI=1S/C11H10F3NO4/c12-11(13,14)6-19-5-9(16)15-8-3-1-7(2-4-8)10(17)18/h1-4H,5-6H2,(H,15,16)(H,17,18). The van der Waals surface area contributed by atoms with Crippen molar-refractivity contribution >= 4 is 17.6 Å². The van der Waals surface area contributed by atoms with Crippen LogP contribution in [0.25, 0.3) is 0 Å². The predicted octanol–water partition coefficient (Wildman–Crippen LogP) is 1.90. The van der Waals surface area contributed by atoms with Crippen LogP contribution in [0.2, 0.25) is 0 Å². The van der Waals surface area contributed by atoms with Gasteiger partial charge in [0.2, 0.25) is 5.91 Å². The highest BCUT2D eigenvalue weighted by Crippen LogP contribution is 2.14. The molecule has 0 unspecified atom stereocenters. The van der Waals surface area contributed by atoms with E-state index in [4.69, 9.17) is 5.11 Å². The molecule has 104 valence electrons. The number of aromatic carboxylic acids is 1. The fourth-order valence-corrected chi connectivity index (χ4v) is 1.15. The third-order valence-electron chi connectivity index (χ3n) is 1.91. The number of rotatable bonds is 5. The van der Waals surface area contributed by atoms with Gasteiger partial charge in [0.15, 0.2) is 0 Å². The highest BCUT2D eigenvalue weighted by molar-refractivity contribution is 5.93. The number of ether oxygens (including phenoxy) is 1. The monoisotopic (exact) mass is 277 g/mol. The van der Waals surface area contributed by atoms with E-state index in [1.165, 1.54) is 24.3 Å². The van der Waals surface area contributed by atoms with E-state index in [1.54, 1.807) is 0 Å². The molecule has 2 N–H and O–H groups in total. The Balaban J connectivity index is 2.42. The van der Waals surface area contributed by atoms with Gasteiger partial charge in [-0.3, -0.25) is 4.79 Å². The van der Waals surface area contributed by atoms with E-state index in [9.17, 15) is 22.8 Å². The minimum Gasteiger partial charge on any atom is -0.478 e. The zero-order chi connectivity index (χ0) is 14.5. The second-order valence-electron chi connectivity index (χ2n) is 3.54. The van der Waals surface area contributed by atoms with Gasteiger partial charge < -0.3 is 15.2 Å². The highest BCUT2D eigenvalue weighted by Gasteiger charge is 2.27. The van der Waals surface area contributed by atoms with Gasteiger partial charge in [-0.05, 0) is 24.3 Å². The first-order chi connectivity index (χ1) is 8.78. The molecule has 0 aliphatic heterocycles. The highest BCUT2D eigenvalue weighted by atomic mass is 19.4. The van der Waals surface area contributed by atoms with Crippen LogP contribution in [0.3, 0.4) is 0 Å². The summed E-state index contributed by atoms with van der Waals surface area (Å²) in [5.41, 5.74) is 0.303. The van der Waals surface area contributed by atoms with Crippen molar-refractivity contribution in [2.45, 2.75) is 6.18 Å². The number of hydrogen-bond donors (Lipinski definition) is 2. The van der Waals surface area contributed by atoms with Gasteiger partial charge in [-0.25, -0.2) is 4.79 Å². The van der Waals surface area contributed by atoms with E-state index < -0.39 is 31.3 Å². The summed E-state index contributed by atoms with van der Waals surface area (Å²) < 4.78 is 39.4. The van der Waals surface area contributed by atoms with Crippen LogP contribution < -0.4 is 5.32 Å². The topological polar surface area (TPSA) is 75.6 Å². The largest absolute Gasteiger partial charge is 0.478 e. The van der Waals surface area contributed by atoms with Gasteiger partial charge in [-0.15, -0.1) is 0 Å². The molecule has 0 fully saturated rings. The van der Waals surface area contributed by atoms with Crippen molar-refractivity contribution in [3.05, 3.63) is 29.8 Å². The molecule has 8 heteroatoms. The van der Waals surface area contributed by atoms with Crippen LogP contribution in [-0.2, 0) is 9.53 Å². The molecule has 0 atom stereocenters. The number of nitrogens with one attached hydrogen (secondary N) is 1. The zero-order valence-corrected chi connectivity index (χ0v) is 9.53. The minimum atomic E-state index is -4.48. The Kier molecular flexibility index (Phi) is 4.87. The third kappa shape index (κ3) is 5.87. The molecule has 1 rings (SSSR count). The average molecular weight is 277 g/mol. The van der Waals surface area contributed by atoms with Crippen LogP contribution in [0.5, 0.6) is 0 Å². The van der Waals surface area contributed by atoms with E-state index in [-0.39, 0.29) is 11.3 Å². The van der Waals surface area contributed by atoms with E-state index >= 15 is 0 Å². The van der Waals surface area contributed by atoms with Crippen molar-refractivity contribution in [2.75, 3.05) is 18.5 Å². The number of hydrogen-bond acceptors (Lipinski definition) is 3. The Morgan fingerprint density at radius 1 is 1.21 bits per heavy atom. The summed E-state index contributed by atoms with van der Waals surface area (Å²) in [5, 5.41) is 10.9. The van der Waals surface area contributed by atoms with Crippen LogP contribution in [0.1, 0.15) is 10.4 Å². The summed E-state index contributed by atoms with van der Waals surface area (Å²) in [4.78, 5) is 21.8. The number of carboxylic acids is 1. The van der Waals surface area contributed by atoms with Crippen LogP contribution in [-0.4, -0.2) is 36.4 Å². The summed E-state index contributed by atoms with van der Waals surface area (Å²) in [6.45, 7) is -2.24. The molecule has 0 radical (unpaired) electrons. The smallest absolute Gasteiger partial charge is 0.411 e. The summed E-state index contributed by atoms with van der Waals surface area (Å²) >= 11 is 0. The van der Waals surface area contributed by atoms with Crippen LogP contribution in [0.15, 0.2) is 24.3 Å². The van der Waals surface area contributed by atoms with Gasteiger partial charge in [-0.1, -0.05) is 0 Å². The SMILES string of the molecule is O=C(COCC(F)(F)F)Nc1ccc(C(=O)O)cc1. The number of carbonyl (C=O) groups is 2. The molecule has 0 aromatic heterocycles. The van der Waals surface area contributed by atoms with Gasteiger partial charge in [0.05, 0.1) is 5.56 Å². The lowest BCUT2D eigenvalue weighted by Crippen LogP contribution is -2.23. The number of alkyl halides is 3.